The van der Waals surface area contributed by atoms with Crippen molar-refractivity contribution in [3.05, 3.63) is 59.2 Å². The minimum Gasteiger partial charge on any atom is -0.486 e. The van der Waals surface area contributed by atoms with E-state index in [0.29, 0.717) is 19.0 Å². The smallest absolute Gasteiger partial charge is 0.166 e. The van der Waals surface area contributed by atoms with Crippen LogP contribution in [0.25, 0.3) is 0 Å². The fraction of sp³-hybridized carbons (Fsp3) is 0.409. The zero-order valence-corrected chi connectivity index (χ0v) is 16.5. The molecule has 0 radical (unpaired) electrons. The van der Waals surface area contributed by atoms with Crippen molar-refractivity contribution in [1.82, 2.24) is 4.90 Å². The molecule has 0 amide bonds. The normalized spacial score (nSPS) is 17.2. The number of benzene rings is 2. The van der Waals surface area contributed by atoms with Gasteiger partial charge in [0.15, 0.2) is 17.3 Å². The molecule has 0 bridgehead atoms. The molecule has 1 saturated heterocycles. The van der Waals surface area contributed by atoms with Gasteiger partial charge in [-0.1, -0.05) is 29.8 Å². The highest BCUT2D eigenvalue weighted by atomic mass is 35.5. The Kier molecular flexibility index (Phi) is 6.40. The Balaban J connectivity index is 0.00000210. The molecule has 2 heterocycles. The molecule has 144 valence electrons. The first-order valence-corrected chi connectivity index (χ1v) is 9.41. The fourth-order valence-electron chi connectivity index (χ4n) is 3.85. The van der Waals surface area contributed by atoms with Crippen LogP contribution in [0.15, 0.2) is 42.5 Å². The molecule has 4 rings (SSSR count). The molecule has 2 aromatic rings. The highest BCUT2D eigenvalue weighted by Crippen LogP contribution is 2.32. The summed E-state index contributed by atoms with van der Waals surface area (Å²) in [5, 5.41) is 0. The lowest BCUT2D eigenvalue weighted by molar-refractivity contribution is 0.0833. The zero-order chi connectivity index (χ0) is 17.9. The molecular formula is C22H26ClNO3. The molecule has 0 atom stereocenters. The maximum atomic E-state index is 12.9. The number of rotatable bonds is 4. The number of likely N-dealkylation sites (tertiary alicyclic amines) is 1. The predicted molar refractivity (Wildman–Crippen MR) is 108 cm³/mol. The first-order valence-electron chi connectivity index (χ1n) is 9.41. The Morgan fingerprint density at radius 1 is 1.04 bits per heavy atom. The molecule has 0 unspecified atom stereocenters. The van der Waals surface area contributed by atoms with Gasteiger partial charge in [-0.3, -0.25) is 9.69 Å². The van der Waals surface area contributed by atoms with Gasteiger partial charge in [-0.2, -0.15) is 0 Å². The lowest BCUT2D eigenvalue weighted by atomic mass is 9.88. The Morgan fingerprint density at radius 3 is 2.52 bits per heavy atom. The van der Waals surface area contributed by atoms with Crippen LogP contribution in [0.2, 0.25) is 0 Å². The molecular weight excluding hydrogens is 362 g/mol. The van der Waals surface area contributed by atoms with Crippen LogP contribution in [0, 0.1) is 12.8 Å². The standard InChI is InChI=1S/C22H25NO3.ClH/c1-16-3-2-4-17(13-16)15-23-9-7-18(8-10-23)22(24)19-5-6-20-21(14-19)26-12-11-25-20;/h2-6,13-14,18H,7-12,15H2,1H3;1H. The van der Waals surface area contributed by atoms with Crippen molar-refractivity contribution in [3.8, 4) is 11.5 Å². The summed E-state index contributed by atoms with van der Waals surface area (Å²) in [6, 6.07) is 14.2. The lowest BCUT2D eigenvalue weighted by Gasteiger charge is -2.31. The molecule has 0 N–H and O–H groups in total. The first-order chi connectivity index (χ1) is 12.7. The Hall–Kier alpha value is -2.04. The number of piperidine rings is 1. The second-order valence-corrected chi connectivity index (χ2v) is 7.26. The number of carbonyl (C=O) groups excluding carboxylic acids is 1. The molecule has 0 aliphatic carbocycles. The van der Waals surface area contributed by atoms with Crippen molar-refractivity contribution in [2.24, 2.45) is 5.92 Å². The van der Waals surface area contributed by atoms with Crippen LogP contribution in [0.4, 0.5) is 0 Å². The van der Waals surface area contributed by atoms with Crippen LogP contribution in [-0.2, 0) is 6.54 Å². The van der Waals surface area contributed by atoms with E-state index in [0.717, 1.165) is 43.8 Å². The van der Waals surface area contributed by atoms with Crippen molar-refractivity contribution in [1.29, 1.82) is 0 Å². The lowest BCUT2D eigenvalue weighted by Crippen LogP contribution is -2.36. The molecule has 5 heteroatoms. The fourth-order valence-corrected chi connectivity index (χ4v) is 3.85. The molecule has 27 heavy (non-hydrogen) atoms. The number of hydrogen-bond acceptors (Lipinski definition) is 4. The topological polar surface area (TPSA) is 38.8 Å². The number of fused-ring (bicyclic) bond motifs is 1. The molecule has 0 saturated carbocycles. The van der Waals surface area contributed by atoms with E-state index in [1.165, 1.54) is 11.1 Å². The van der Waals surface area contributed by atoms with E-state index < -0.39 is 0 Å². The maximum Gasteiger partial charge on any atom is 0.166 e. The molecule has 4 nitrogen and oxygen atoms in total. The molecule has 2 aliphatic heterocycles. The molecule has 2 aromatic carbocycles. The van der Waals surface area contributed by atoms with E-state index in [-0.39, 0.29) is 24.1 Å². The zero-order valence-electron chi connectivity index (χ0n) is 15.6. The Morgan fingerprint density at radius 2 is 1.78 bits per heavy atom. The van der Waals surface area contributed by atoms with Crippen LogP contribution in [-0.4, -0.2) is 37.0 Å². The number of carbonyl (C=O) groups is 1. The minimum atomic E-state index is 0. The predicted octanol–water partition coefficient (Wildman–Crippen LogP) is 4.28. The van der Waals surface area contributed by atoms with E-state index in [1.54, 1.807) is 0 Å². The van der Waals surface area contributed by atoms with Gasteiger partial charge in [0.2, 0.25) is 0 Å². The van der Waals surface area contributed by atoms with Crippen LogP contribution in [0.5, 0.6) is 11.5 Å². The summed E-state index contributed by atoms with van der Waals surface area (Å²) in [5.41, 5.74) is 3.39. The number of ether oxygens (including phenoxy) is 2. The SMILES string of the molecule is Cc1cccc(CN2CCC(C(=O)c3ccc4c(c3)OCCO4)CC2)c1.Cl. The largest absolute Gasteiger partial charge is 0.486 e. The number of aryl methyl sites for hydroxylation is 1. The summed E-state index contributed by atoms with van der Waals surface area (Å²) in [7, 11) is 0. The average molecular weight is 388 g/mol. The summed E-state index contributed by atoms with van der Waals surface area (Å²) in [5.74, 6) is 1.77. The van der Waals surface area contributed by atoms with Gasteiger partial charge in [0.1, 0.15) is 13.2 Å². The Bertz CT molecular complexity index is 800. The number of Topliss-reactive ketones (excluding diaryl/α,β-unsaturated/α-hetero) is 1. The van der Waals surface area contributed by atoms with Crippen LogP contribution >= 0.6 is 12.4 Å². The molecule has 2 aliphatic rings. The highest BCUT2D eigenvalue weighted by Gasteiger charge is 2.27. The first kappa shape index (κ1) is 19.7. The third-order valence-corrected chi connectivity index (χ3v) is 5.27. The van der Waals surface area contributed by atoms with Gasteiger partial charge in [0.25, 0.3) is 0 Å². The minimum absolute atomic E-state index is 0. The van der Waals surface area contributed by atoms with Gasteiger partial charge in [0, 0.05) is 18.0 Å². The number of halogens is 1. The number of ketones is 1. The van der Waals surface area contributed by atoms with Crippen molar-refractivity contribution >= 4 is 18.2 Å². The number of nitrogens with zero attached hydrogens (tertiary/aromatic N) is 1. The number of hydrogen-bond donors (Lipinski definition) is 0. The summed E-state index contributed by atoms with van der Waals surface area (Å²) in [4.78, 5) is 15.3. The van der Waals surface area contributed by atoms with Gasteiger partial charge in [0.05, 0.1) is 0 Å². The van der Waals surface area contributed by atoms with Crippen LogP contribution in [0.1, 0.15) is 34.3 Å². The van der Waals surface area contributed by atoms with Crippen LogP contribution < -0.4 is 9.47 Å². The average Bonchev–Trinajstić information content (AvgIpc) is 2.68. The van der Waals surface area contributed by atoms with Crippen molar-refractivity contribution in [2.75, 3.05) is 26.3 Å². The summed E-state index contributed by atoms with van der Waals surface area (Å²) >= 11 is 0. The van der Waals surface area contributed by atoms with E-state index in [1.807, 2.05) is 18.2 Å². The molecule has 0 spiro atoms. The van der Waals surface area contributed by atoms with E-state index in [9.17, 15) is 4.79 Å². The molecule has 0 aromatic heterocycles. The summed E-state index contributed by atoms with van der Waals surface area (Å²) < 4.78 is 11.1. The van der Waals surface area contributed by atoms with E-state index in [2.05, 4.69) is 36.1 Å². The maximum absolute atomic E-state index is 12.9. The monoisotopic (exact) mass is 387 g/mol. The molecule has 1 fully saturated rings. The van der Waals surface area contributed by atoms with E-state index in [4.69, 9.17) is 9.47 Å². The van der Waals surface area contributed by atoms with Gasteiger partial charge in [-0.25, -0.2) is 0 Å². The van der Waals surface area contributed by atoms with Gasteiger partial charge >= 0.3 is 0 Å². The van der Waals surface area contributed by atoms with Gasteiger partial charge < -0.3 is 9.47 Å². The Labute approximate surface area is 166 Å². The van der Waals surface area contributed by atoms with Crippen molar-refractivity contribution < 1.29 is 14.3 Å². The summed E-state index contributed by atoms with van der Waals surface area (Å²) in [6.45, 7) is 6.14. The van der Waals surface area contributed by atoms with Gasteiger partial charge in [-0.15, -0.1) is 12.4 Å². The third-order valence-electron chi connectivity index (χ3n) is 5.27. The van der Waals surface area contributed by atoms with Crippen molar-refractivity contribution in [3.63, 3.8) is 0 Å². The van der Waals surface area contributed by atoms with Crippen LogP contribution in [0.3, 0.4) is 0 Å². The van der Waals surface area contributed by atoms with E-state index >= 15 is 0 Å². The van der Waals surface area contributed by atoms with Gasteiger partial charge in [-0.05, 0) is 56.6 Å². The van der Waals surface area contributed by atoms with Crippen molar-refractivity contribution in [2.45, 2.75) is 26.3 Å². The summed E-state index contributed by atoms with van der Waals surface area (Å²) in [6.07, 6.45) is 1.83. The highest BCUT2D eigenvalue weighted by molar-refractivity contribution is 5.98. The third kappa shape index (κ3) is 4.63. The second kappa shape index (κ2) is 8.77. The second-order valence-electron chi connectivity index (χ2n) is 7.26. The quantitative estimate of drug-likeness (QED) is 0.734.